The fraction of sp³-hybridized carbons (Fsp3) is 0.643. The molecule has 136 valence electrons. The topological polar surface area (TPSA) is 169 Å². The van der Waals surface area contributed by atoms with Crippen LogP contribution in [-0.2, 0) is 11.3 Å². The number of nitrogen functional groups attached to an aromatic ring is 1. The highest BCUT2D eigenvalue weighted by Crippen LogP contribution is 2.33. The van der Waals surface area contributed by atoms with E-state index in [0.29, 0.717) is 12.5 Å². The highest BCUT2D eigenvalue weighted by Gasteiger charge is 2.45. The molecule has 25 heavy (non-hydrogen) atoms. The van der Waals surface area contributed by atoms with Crippen LogP contribution in [0.25, 0.3) is 11.2 Å². The van der Waals surface area contributed by atoms with E-state index in [9.17, 15) is 24.9 Å². The molecule has 1 saturated heterocycles. The van der Waals surface area contributed by atoms with Gasteiger partial charge in [0.25, 0.3) is 5.56 Å². The van der Waals surface area contributed by atoms with Crippen molar-refractivity contribution in [2.75, 3.05) is 12.3 Å². The van der Waals surface area contributed by atoms with Crippen LogP contribution >= 0.6 is 0 Å². The molecule has 2 aromatic rings. The molecule has 0 radical (unpaired) electrons. The summed E-state index contributed by atoms with van der Waals surface area (Å²) in [6.45, 7) is -0.174. The van der Waals surface area contributed by atoms with Crippen LogP contribution < -0.4 is 17.0 Å². The van der Waals surface area contributed by atoms with Crippen molar-refractivity contribution in [1.82, 2.24) is 19.1 Å². The van der Waals surface area contributed by atoms with Crippen molar-refractivity contribution in [1.29, 1.82) is 0 Å². The van der Waals surface area contributed by atoms with E-state index >= 15 is 0 Å². The summed E-state index contributed by atoms with van der Waals surface area (Å²) in [6.07, 6.45) is -3.23. The van der Waals surface area contributed by atoms with Crippen molar-refractivity contribution in [2.24, 2.45) is 5.92 Å². The molecule has 1 aliphatic heterocycles. The largest absolute Gasteiger partial charge is 0.394 e. The third kappa shape index (κ3) is 2.47. The Balaban J connectivity index is 1.93. The van der Waals surface area contributed by atoms with Gasteiger partial charge in [-0.2, -0.15) is 4.98 Å². The van der Waals surface area contributed by atoms with Crippen molar-refractivity contribution in [3.05, 3.63) is 20.8 Å². The molecule has 4 atom stereocenters. The molecule has 0 spiro atoms. The number of hydrogen-bond donors (Lipinski definition) is 5. The van der Waals surface area contributed by atoms with Crippen molar-refractivity contribution in [3.63, 3.8) is 0 Å². The number of aliphatic hydroxyl groups excluding tert-OH is 3. The van der Waals surface area contributed by atoms with Crippen molar-refractivity contribution in [2.45, 2.75) is 43.9 Å². The lowest BCUT2D eigenvalue weighted by molar-refractivity contribution is -0.0528. The van der Waals surface area contributed by atoms with E-state index in [1.54, 1.807) is 0 Å². The van der Waals surface area contributed by atoms with Gasteiger partial charge in [0.2, 0.25) is 5.95 Å². The van der Waals surface area contributed by atoms with Gasteiger partial charge in [-0.05, 0) is 18.8 Å². The first-order chi connectivity index (χ1) is 11.9. The Hall–Kier alpha value is -2.21. The van der Waals surface area contributed by atoms with Crippen LogP contribution in [-0.4, -0.2) is 59.3 Å². The number of nitrogens with two attached hydrogens (primary N) is 1. The number of nitrogens with one attached hydrogen (secondary N) is 1. The maximum Gasteiger partial charge on any atom is 0.332 e. The summed E-state index contributed by atoms with van der Waals surface area (Å²) in [7, 11) is 0. The molecule has 3 heterocycles. The lowest BCUT2D eigenvalue weighted by Gasteiger charge is -2.15. The average molecular weight is 353 g/mol. The van der Waals surface area contributed by atoms with Crippen molar-refractivity contribution in [3.8, 4) is 0 Å². The van der Waals surface area contributed by atoms with Crippen molar-refractivity contribution >= 4 is 17.1 Å². The number of imidazole rings is 1. The zero-order valence-electron chi connectivity index (χ0n) is 13.2. The number of aliphatic hydroxyl groups is 3. The Morgan fingerprint density at radius 1 is 1.28 bits per heavy atom. The van der Waals surface area contributed by atoms with Gasteiger partial charge in [0.1, 0.15) is 18.3 Å². The molecule has 0 amide bonds. The second kappa shape index (κ2) is 5.66. The highest BCUT2D eigenvalue weighted by atomic mass is 16.6. The van der Waals surface area contributed by atoms with Gasteiger partial charge in [0.15, 0.2) is 17.4 Å². The van der Waals surface area contributed by atoms with Crippen LogP contribution in [0.3, 0.4) is 0 Å². The van der Waals surface area contributed by atoms with E-state index < -0.39 is 42.4 Å². The SMILES string of the molecule is Nc1nc2c(c(=O)[nH]1)n(CC1CC1)c(=O)n2[C@@H]1O[C@H](CO)C(O)[C@@H]1O. The monoisotopic (exact) mass is 353 g/mol. The van der Waals surface area contributed by atoms with Gasteiger partial charge in [0, 0.05) is 6.54 Å². The minimum Gasteiger partial charge on any atom is -0.394 e. The van der Waals surface area contributed by atoms with E-state index in [-0.39, 0.29) is 17.1 Å². The second-order valence-corrected chi connectivity index (χ2v) is 6.56. The maximum atomic E-state index is 12.9. The minimum absolute atomic E-state index is 0.0262. The second-order valence-electron chi connectivity index (χ2n) is 6.56. The van der Waals surface area contributed by atoms with Gasteiger partial charge in [0.05, 0.1) is 6.61 Å². The predicted molar refractivity (Wildman–Crippen MR) is 84.8 cm³/mol. The van der Waals surface area contributed by atoms with Gasteiger partial charge >= 0.3 is 5.69 Å². The minimum atomic E-state index is -1.46. The van der Waals surface area contributed by atoms with Gasteiger partial charge in [-0.3, -0.25) is 14.3 Å². The van der Waals surface area contributed by atoms with E-state index in [4.69, 9.17) is 10.5 Å². The number of rotatable bonds is 4. The van der Waals surface area contributed by atoms with E-state index in [1.165, 1.54) is 4.57 Å². The Morgan fingerprint density at radius 3 is 2.60 bits per heavy atom. The summed E-state index contributed by atoms with van der Waals surface area (Å²) in [5.74, 6) is 0.125. The number of H-pyrrole nitrogens is 1. The number of nitrogens with zero attached hydrogens (tertiary/aromatic N) is 3. The number of aromatic nitrogens is 4. The molecule has 1 aliphatic carbocycles. The number of anilines is 1. The standard InChI is InChI=1S/C14H19N5O6/c15-13-16-10-7(11(23)17-13)18(3-5-1-2-5)14(24)19(10)12-9(22)8(21)6(4-20)25-12/h5-6,8-9,12,20-22H,1-4H2,(H3,15,16,17,23)/t6-,8?,9+,12-/m1/s1. The molecular formula is C14H19N5O6. The Labute approximate surface area is 140 Å². The summed E-state index contributed by atoms with van der Waals surface area (Å²) in [5.41, 5.74) is 4.47. The lowest BCUT2D eigenvalue weighted by Crippen LogP contribution is -2.36. The molecule has 2 aliphatic rings. The number of aromatic amines is 1. The summed E-state index contributed by atoms with van der Waals surface area (Å²) in [4.78, 5) is 31.6. The Morgan fingerprint density at radius 2 is 2.00 bits per heavy atom. The summed E-state index contributed by atoms with van der Waals surface area (Å²) >= 11 is 0. The van der Waals surface area contributed by atoms with E-state index in [0.717, 1.165) is 17.4 Å². The average Bonchev–Trinajstić information content (AvgIpc) is 3.28. The lowest BCUT2D eigenvalue weighted by atomic mass is 10.1. The van der Waals surface area contributed by atoms with Crippen LogP contribution in [0.2, 0.25) is 0 Å². The van der Waals surface area contributed by atoms with Gasteiger partial charge in [-0.25, -0.2) is 9.36 Å². The summed E-state index contributed by atoms with van der Waals surface area (Å²) in [6, 6.07) is 0. The van der Waals surface area contributed by atoms with Crippen LogP contribution in [0.4, 0.5) is 5.95 Å². The van der Waals surface area contributed by atoms with Gasteiger partial charge in [-0.1, -0.05) is 0 Å². The molecule has 0 bridgehead atoms. The van der Waals surface area contributed by atoms with E-state index in [1.807, 2.05) is 0 Å². The molecule has 1 saturated carbocycles. The predicted octanol–water partition coefficient (Wildman–Crippen LogP) is -2.51. The van der Waals surface area contributed by atoms with Crippen LogP contribution in [0, 0.1) is 5.92 Å². The van der Waals surface area contributed by atoms with E-state index in [2.05, 4.69) is 9.97 Å². The fourth-order valence-electron chi connectivity index (χ4n) is 3.25. The molecule has 2 aromatic heterocycles. The van der Waals surface area contributed by atoms with Gasteiger partial charge in [-0.15, -0.1) is 0 Å². The fourth-order valence-corrected chi connectivity index (χ4v) is 3.25. The molecule has 6 N–H and O–H groups in total. The van der Waals surface area contributed by atoms with Crippen LogP contribution in [0.1, 0.15) is 19.1 Å². The number of ether oxygens (including phenoxy) is 1. The molecule has 0 aromatic carbocycles. The first-order valence-electron chi connectivity index (χ1n) is 8.05. The molecular weight excluding hydrogens is 334 g/mol. The zero-order chi connectivity index (χ0) is 17.9. The normalized spacial score (nSPS) is 29.6. The third-order valence-electron chi connectivity index (χ3n) is 4.74. The zero-order valence-corrected chi connectivity index (χ0v) is 13.2. The Kier molecular flexibility index (Phi) is 3.68. The molecule has 11 nitrogen and oxygen atoms in total. The quantitative estimate of drug-likeness (QED) is 0.401. The Bertz CT molecular complexity index is 928. The molecule has 1 unspecified atom stereocenters. The van der Waals surface area contributed by atoms with Crippen molar-refractivity contribution < 1.29 is 20.1 Å². The number of fused-ring (bicyclic) bond motifs is 1. The highest BCUT2D eigenvalue weighted by molar-refractivity contribution is 5.71. The maximum absolute atomic E-state index is 12.9. The molecule has 11 heteroatoms. The summed E-state index contributed by atoms with van der Waals surface area (Å²) < 4.78 is 7.75. The first kappa shape index (κ1) is 16.3. The number of hydrogen-bond acceptors (Lipinski definition) is 8. The smallest absolute Gasteiger partial charge is 0.332 e. The van der Waals surface area contributed by atoms with Gasteiger partial charge < -0.3 is 25.8 Å². The third-order valence-corrected chi connectivity index (χ3v) is 4.74. The summed E-state index contributed by atoms with van der Waals surface area (Å²) in [5, 5.41) is 29.4. The first-order valence-corrected chi connectivity index (χ1v) is 8.05. The van der Waals surface area contributed by atoms with Crippen LogP contribution in [0.15, 0.2) is 9.59 Å². The molecule has 4 rings (SSSR count). The molecule has 2 fully saturated rings. The van der Waals surface area contributed by atoms with Crippen LogP contribution in [0.5, 0.6) is 0 Å².